The molecule has 0 bridgehead atoms. The Bertz CT molecular complexity index is 427. The van der Waals surface area contributed by atoms with Gasteiger partial charge in [-0.05, 0) is 49.8 Å². The Labute approximate surface area is 118 Å². The zero-order valence-electron chi connectivity index (χ0n) is 10.8. The maximum atomic E-state index is 11.3. The molecule has 1 N–H and O–H groups in total. The summed E-state index contributed by atoms with van der Waals surface area (Å²) >= 11 is 5.92. The highest BCUT2D eigenvalue weighted by Gasteiger charge is 2.22. The van der Waals surface area contributed by atoms with E-state index in [-0.39, 0.29) is 12.0 Å². The molecular weight excluding hydrogens is 264 g/mol. The van der Waals surface area contributed by atoms with E-state index >= 15 is 0 Å². The van der Waals surface area contributed by atoms with Gasteiger partial charge in [-0.25, -0.2) is 0 Å². The lowest BCUT2D eigenvalue weighted by atomic mass is 9.93. The van der Waals surface area contributed by atoms with Crippen molar-refractivity contribution in [1.29, 1.82) is 0 Å². The van der Waals surface area contributed by atoms with Crippen molar-refractivity contribution in [3.05, 3.63) is 34.9 Å². The van der Waals surface area contributed by atoms with E-state index in [2.05, 4.69) is 0 Å². The Morgan fingerprint density at radius 2 is 2.37 bits per heavy atom. The van der Waals surface area contributed by atoms with Crippen LogP contribution in [0.25, 0.3) is 0 Å². The normalized spacial score (nSPS) is 20.4. The second-order valence-corrected chi connectivity index (χ2v) is 5.52. The van der Waals surface area contributed by atoms with E-state index < -0.39 is 5.97 Å². The van der Waals surface area contributed by atoms with Crippen LogP contribution in [0.1, 0.15) is 31.2 Å². The molecule has 1 saturated heterocycles. The van der Waals surface area contributed by atoms with Crippen LogP contribution in [0.2, 0.25) is 5.02 Å². The standard InChI is InChI=1S/C15H19ClO3/c16-13-4-1-3-11(10-13)9-12(15(17)18)6-7-14-5-2-8-19-14/h1,3-4,10,12,14H,2,5-9H2,(H,17,18). The molecule has 2 atom stereocenters. The molecule has 4 heteroatoms. The van der Waals surface area contributed by atoms with Gasteiger partial charge in [-0.15, -0.1) is 0 Å². The highest BCUT2D eigenvalue weighted by atomic mass is 35.5. The van der Waals surface area contributed by atoms with Crippen molar-refractivity contribution in [1.82, 2.24) is 0 Å². The van der Waals surface area contributed by atoms with Crippen LogP contribution < -0.4 is 0 Å². The minimum Gasteiger partial charge on any atom is -0.481 e. The van der Waals surface area contributed by atoms with Crippen molar-refractivity contribution in [3.8, 4) is 0 Å². The summed E-state index contributed by atoms with van der Waals surface area (Å²) in [4.78, 5) is 11.3. The van der Waals surface area contributed by atoms with E-state index in [9.17, 15) is 9.90 Å². The minimum absolute atomic E-state index is 0.251. The molecule has 1 aliphatic rings. The van der Waals surface area contributed by atoms with Gasteiger partial charge in [-0.3, -0.25) is 4.79 Å². The lowest BCUT2D eigenvalue weighted by molar-refractivity contribution is -0.142. The van der Waals surface area contributed by atoms with Crippen molar-refractivity contribution >= 4 is 17.6 Å². The van der Waals surface area contributed by atoms with Crippen molar-refractivity contribution in [2.75, 3.05) is 6.61 Å². The molecule has 1 heterocycles. The molecule has 0 amide bonds. The molecule has 1 aliphatic heterocycles. The van der Waals surface area contributed by atoms with Gasteiger partial charge in [0, 0.05) is 11.6 Å². The van der Waals surface area contributed by atoms with Gasteiger partial charge in [0.15, 0.2) is 0 Å². The third kappa shape index (κ3) is 4.51. The van der Waals surface area contributed by atoms with Gasteiger partial charge in [-0.1, -0.05) is 23.7 Å². The van der Waals surface area contributed by atoms with Crippen LogP contribution in [0.3, 0.4) is 0 Å². The zero-order valence-corrected chi connectivity index (χ0v) is 11.6. The summed E-state index contributed by atoms with van der Waals surface area (Å²) in [5, 5.41) is 9.96. The van der Waals surface area contributed by atoms with E-state index in [1.807, 2.05) is 18.2 Å². The van der Waals surface area contributed by atoms with E-state index in [4.69, 9.17) is 16.3 Å². The number of carboxylic acids is 1. The Kier molecular flexibility index (Phi) is 5.23. The maximum absolute atomic E-state index is 11.3. The Balaban J connectivity index is 1.90. The van der Waals surface area contributed by atoms with Gasteiger partial charge in [0.05, 0.1) is 12.0 Å². The van der Waals surface area contributed by atoms with Crippen molar-refractivity contribution < 1.29 is 14.6 Å². The number of benzene rings is 1. The van der Waals surface area contributed by atoms with E-state index in [1.165, 1.54) is 0 Å². The third-order valence-electron chi connectivity index (χ3n) is 3.58. The molecule has 1 fully saturated rings. The molecule has 1 aromatic rings. The molecule has 0 aliphatic carbocycles. The van der Waals surface area contributed by atoms with Crippen LogP contribution in [-0.2, 0) is 16.0 Å². The highest BCUT2D eigenvalue weighted by molar-refractivity contribution is 6.30. The first-order valence-corrected chi connectivity index (χ1v) is 7.12. The molecule has 3 nitrogen and oxygen atoms in total. The summed E-state index contributed by atoms with van der Waals surface area (Å²) in [6.07, 6.45) is 4.42. The number of aliphatic carboxylic acids is 1. The molecule has 0 spiro atoms. The number of halogens is 1. The van der Waals surface area contributed by atoms with Gasteiger partial charge in [0.25, 0.3) is 0 Å². The Morgan fingerprint density at radius 1 is 1.53 bits per heavy atom. The summed E-state index contributed by atoms with van der Waals surface area (Å²) < 4.78 is 5.54. The van der Waals surface area contributed by atoms with Gasteiger partial charge >= 0.3 is 5.97 Å². The molecule has 2 rings (SSSR count). The second kappa shape index (κ2) is 6.92. The molecule has 0 radical (unpaired) electrons. The van der Waals surface area contributed by atoms with Crippen molar-refractivity contribution in [2.24, 2.45) is 5.92 Å². The number of hydrogen-bond donors (Lipinski definition) is 1. The number of hydrogen-bond acceptors (Lipinski definition) is 2. The first-order chi connectivity index (χ1) is 9.15. The summed E-state index contributed by atoms with van der Waals surface area (Å²) in [6.45, 7) is 0.816. The fourth-order valence-electron chi connectivity index (χ4n) is 2.52. The zero-order chi connectivity index (χ0) is 13.7. The fraction of sp³-hybridized carbons (Fsp3) is 0.533. The van der Waals surface area contributed by atoms with E-state index in [0.29, 0.717) is 17.9 Å². The number of ether oxygens (including phenoxy) is 1. The first-order valence-electron chi connectivity index (χ1n) is 6.74. The quantitative estimate of drug-likeness (QED) is 0.868. The highest BCUT2D eigenvalue weighted by Crippen LogP contribution is 2.23. The van der Waals surface area contributed by atoms with E-state index in [1.54, 1.807) is 6.07 Å². The van der Waals surface area contributed by atoms with Gasteiger partial charge in [-0.2, -0.15) is 0 Å². The molecule has 19 heavy (non-hydrogen) atoms. The summed E-state index contributed by atoms with van der Waals surface area (Å²) in [6, 6.07) is 7.42. The average molecular weight is 283 g/mol. The second-order valence-electron chi connectivity index (χ2n) is 5.08. The number of carboxylic acid groups (broad SMARTS) is 1. The van der Waals surface area contributed by atoms with Crippen LogP contribution in [0, 0.1) is 5.92 Å². The van der Waals surface area contributed by atoms with Gasteiger partial charge in [0.1, 0.15) is 0 Å². The van der Waals surface area contributed by atoms with Crippen molar-refractivity contribution in [3.63, 3.8) is 0 Å². The van der Waals surface area contributed by atoms with Crippen LogP contribution in [0.15, 0.2) is 24.3 Å². The topological polar surface area (TPSA) is 46.5 Å². The fourth-order valence-corrected chi connectivity index (χ4v) is 2.73. The van der Waals surface area contributed by atoms with Crippen LogP contribution in [0.5, 0.6) is 0 Å². The van der Waals surface area contributed by atoms with Crippen LogP contribution in [0.4, 0.5) is 0 Å². The maximum Gasteiger partial charge on any atom is 0.306 e. The lowest BCUT2D eigenvalue weighted by Gasteiger charge is -2.15. The predicted molar refractivity (Wildman–Crippen MR) is 74.5 cm³/mol. The van der Waals surface area contributed by atoms with Crippen LogP contribution in [-0.4, -0.2) is 23.8 Å². The largest absolute Gasteiger partial charge is 0.481 e. The van der Waals surface area contributed by atoms with Gasteiger partial charge in [0.2, 0.25) is 0 Å². The minimum atomic E-state index is -0.738. The van der Waals surface area contributed by atoms with Crippen LogP contribution >= 0.6 is 11.6 Å². The third-order valence-corrected chi connectivity index (χ3v) is 3.82. The number of rotatable bonds is 6. The first kappa shape index (κ1) is 14.4. The van der Waals surface area contributed by atoms with Gasteiger partial charge < -0.3 is 9.84 Å². The molecule has 1 aromatic carbocycles. The summed E-state index contributed by atoms with van der Waals surface area (Å²) in [5.41, 5.74) is 0.979. The Morgan fingerprint density at radius 3 is 3.00 bits per heavy atom. The monoisotopic (exact) mass is 282 g/mol. The molecule has 0 aromatic heterocycles. The Hall–Kier alpha value is -1.06. The molecule has 0 saturated carbocycles. The summed E-state index contributed by atoms with van der Waals surface area (Å²) in [7, 11) is 0. The number of carbonyl (C=O) groups is 1. The molecular formula is C15H19ClO3. The summed E-state index contributed by atoms with van der Waals surface area (Å²) in [5.74, 6) is -1.10. The lowest BCUT2D eigenvalue weighted by Crippen LogP contribution is -2.19. The average Bonchev–Trinajstić information content (AvgIpc) is 2.87. The molecule has 2 unspecified atom stereocenters. The van der Waals surface area contributed by atoms with Crippen molar-refractivity contribution in [2.45, 2.75) is 38.2 Å². The van der Waals surface area contributed by atoms with E-state index in [0.717, 1.165) is 31.4 Å². The SMILES string of the molecule is O=C(O)C(CCC1CCCO1)Cc1cccc(Cl)c1. The smallest absolute Gasteiger partial charge is 0.306 e. The predicted octanol–water partition coefficient (Wildman–Crippen LogP) is 3.54. The molecule has 104 valence electrons.